The van der Waals surface area contributed by atoms with Crippen molar-refractivity contribution in [2.45, 2.75) is 19.9 Å². The van der Waals surface area contributed by atoms with Crippen molar-refractivity contribution in [2.24, 2.45) is 4.99 Å². The predicted molar refractivity (Wildman–Crippen MR) is 165 cm³/mol. The number of aromatic nitrogens is 1. The van der Waals surface area contributed by atoms with E-state index in [-0.39, 0.29) is 22.6 Å². The first-order chi connectivity index (χ1) is 20.4. The Bertz CT molecular complexity index is 1960. The number of methoxy groups -OCH3 is 1. The number of amides is 1. The molecule has 0 spiro atoms. The molecule has 0 aliphatic carbocycles. The van der Waals surface area contributed by atoms with Crippen molar-refractivity contribution < 1.29 is 19.1 Å². The molecule has 3 aromatic carbocycles. The van der Waals surface area contributed by atoms with E-state index in [1.807, 2.05) is 73.7 Å². The van der Waals surface area contributed by atoms with Crippen LogP contribution in [-0.4, -0.2) is 36.7 Å². The number of benzene rings is 3. The molecular formula is C32H26BrN3O5S. The predicted octanol–water partition coefficient (Wildman–Crippen LogP) is 4.44. The van der Waals surface area contributed by atoms with Crippen molar-refractivity contribution in [3.05, 3.63) is 119 Å². The van der Waals surface area contributed by atoms with Crippen LogP contribution < -0.4 is 24.5 Å². The van der Waals surface area contributed by atoms with Gasteiger partial charge in [-0.05, 0) is 38.1 Å². The number of fused-ring (bicyclic) bond motifs is 2. The zero-order valence-corrected chi connectivity index (χ0v) is 25.5. The lowest BCUT2D eigenvalue weighted by Crippen LogP contribution is -2.41. The van der Waals surface area contributed by atoms with E-state index >= 15 is 0 Å². The summed E-state index contributed by atoms with van der Waals surface area (Å²) in [4.78, 5) is 48.9. The lowest BCUT2D eigenvalue weighted by molar-refractivity contribution is -0.138. The van der Waals surface area contributed by atoms with Crippen LogP contribution in [0.2, 0.25) is 0 Å². The quantitative estimate of drug-likeness (QED) is 0.290. The minimum absolute atomic E-state index is 0.138. The normalized spacial score (nSPS) is 17.1. The van der Waals surface area contributed by atoms with Crippen LogP contribution in [0.4, 0.5) is 5.69 Å². The fraction of sp³-hybridized carbons (Fsp3) is 0.188. The van der Waals surface area contributed by atoms with Crippen LogP contribution in [0.25, 0.3) is 11.3 Å². The number of esters is 1. The van der Waals surface area contributed by atoms with Gasteiger partial charge >= 0.3 is 5.97 Å². The number of nitrogens with zero attached hydrogens (tertiary/aromatic N) is 3. The second kappa shape index (κ2) is 11.2. The molecule has 3 heterocycles. The van der Waals surface area contributed by atoms with E-state index in [0.29, 0.717) is 45.1 Å². The summed E-state index contributed by atoms with van der Waals surface area (Å²) in [5.41, 5.74) is 3.23. The Morgan fingerprint density at radius 1 is 1.02 bits per heavy atom. The summed E-state index contributed by atoms with van der Waals surface area (Å²) < 4.78 is 13.8. The van der Waals surface area contributed by atoms with E-state index in [2.05, 4.69) is 15.9 Å². The third kappa shape index (κ3) is 4.42. The summed E-state index contributed by atoms with van der Waals surface area (Å²) in [5.74, 6) is -0.352. The summed E-state index contributed by atoms with van der Waals surface area (Å²) in [7, 11) is 1.54. The number of likely N-dealkylation sites (N-methyl/N-ethyl adjacent to an activating group) is 1. The van der Waals surface area contributed by atoms with E-state index in [1.54, 1.807) is 17.9 Å². The maximum absolute atomic E-state index is 14.5. The molecule has 0 saturated heterocycles. The van der Waals surface area contributed by atoms with Gasteiger partial charge in [0, 0.05) is 27.7 Å². The minimum atomic E-state index is -0.939. The number of hydrogen-bond donors (Lipinski definition) is 0. The molecule has 212 valence electrons. The Kier molecular flexibility index (Phi) is 7.42. The molecule has 1 amide bonds. The van der Waals surface area contributed by atoms with Crippen molar-refractivity contribution in [1.29, 1.82) is 0 Å². The van der Waals surface area contributed by atoms with Crippen LogP contribution in [0, 0.1) is 0 Å². The van der Waals surface area contributed by atoms with Crippen LogP contribution in [0.5, 0.6) is 5.75 Å². The van der Waals surface area contributed by atoms with Gasteiger partial charge in [0.25, 0.3) is 11.5 Å². The SMILES string of the molecule is CCOC(=O)C1=C(c2ccccc2)N=c2s/c(=C3\C(=O)N(CC)c4ccccc43)c(=O)n2[C@@H]1c1cc(Br)ccc1OC. The largest absolute Gasteiger partial charge is 0.496 e. The number of carbonyl (C=O) groups excluding carboxylic acids is 2. The van der Waals surface area contributed by atoms with Gasteiger partial charge in [-0.1, -0.05) is 75.8 Å². The molecule has 1 aromatic heterocycles. The fourth-order valence-corrected chi connectivity index (χ4v) is 6.99. The average molecular weight is 645 g/mol. The topological polar surface area (TPSA) is 90.2 Å². The number of carbonyl (C=O) groups is 2. The highest BCUT2D eigenvalue weighted by Gasteiger charge is 2.39. The van der Waals surface area contributed by atoms with Gasteiger partial charge in [-0.15, -0.1) is 0 Å². The Hall–Kier alpha value is -4.28. The number of thiazole rings is 1. The van der Waals surface area contributed by atoms with Crippen molar-refractivity contribution in [1.82, 2.24) is 4.57 Å². The third-order valence-corrected chi connectivity index (χ3v) is 8.85. The molecule has 0 bridgehead atoms. The maximum Gasteiger partial charge on any atom is 0.338 e. The Labute approximate surface area is 254 Å². The van der Waals surface area contributed by atoms with Gasteiger partial charge in [0.2, 0.25) is 0 Å². The number of para-hydroxylation sites is 1. The molecule has 4 aromatic rings. The molecule has 10 heteroatoms. The zero-order chi connectivity index (χ0) is 29.5. The molecular weight excluding hydrogens is 618 g/mol. The molecule has 0 saturated carbocycles. The summed E-state index contributed by atoms with van der Waals surface area (Å²) in [5, 5.41) is 0. The van der Waals surface area contributed by atoms with Gasteiger partial charge in [0.1, 0.15) is 16.3 Å². The van der Waals surface area contributed by atoms with E-state index in [0.717, 1.165) is 21.5 Å². The number of anilines is 1. The highest BCUT2D eigenvalue weighted by Crippen LogP contribution is 2.40. The number of ether oxygens (including phenoxy) is 2. The molecule has 0 unspecified atom stereocenters. The smallest absolute Gasteiger partial charge is 0.338 e. The fourth-order valence-electron chi connectivity index (χ4n) is 5.52. The minimum Gasteiger partial charge on any atom is -0.496 e. The summed E-state index contributed by atoms with van der Waals surface area (Å²) in [6.07, 6.45) is 0. The van der Waals surface area contributed by atoms with Crippen molar-refractivity contribution in [2.75, 3.05) is 25.2 Å². The molecule has 1 atom stereocenters. The summed E-state index contributed by atoms with van der Waals surface area (Å²) >= 11 is 4.69. The molecule has 2 aliphatic heterocycles. The lowest BCUT2D eigenvalue weighted by Gasteiger charge is -2.27. The molecule has 0 N–H and O–H groups in total. The summed E-state index contributed by atoms with van der Waals surface area (Å²) in [6.45, 7) is 4.23. The third-order valence-electron chi connectivity index (χ3n) is 7.30. The second-order valence-corrected chi connectivity index (χ2v) is 11.5. The molecule has 42 heavy (non-hydrogen) atoms. The number of rotatable bonds is 6. The molecule has 0 fully saturated rings. The van der Waals surface area contributed by atoms with Crippen LogP contribution in [0.3, 0.4) is 0 Å². The van der Waals surface area contributed by atoms with E-state index in [9.17, 15) is 14.4 Å². The first-order valence-electron chi connectivity index (χ1n) is 13.4. The second-order valence-electron chi connectivity index (χ2n) is 9.58. The number of halogens is 1. The van der Waals surface area contributed by atoms with E-state index in [1.165, 1.54) is 11.7 Å². The van der Waals surface area contributed by atoms with Gasteiger partial charge < -0.3 is 14.4 Å². The Morgan fingerprint density at radius 2 is 1.76 bits per heavy atom. The van der Waals surface area contributed by atoms with Crippen LogP contribution in [0.1, 0.15) is 36.6 Å². The van der Waals surface area contributed by atoms with Gasteiger partial charge in [-0.2, -0.15) is 0 Å². The molecule has 2 aliphatic rings. The van der Waals surface area contributed by atoms with Gasteiger partial charge in [-0.3, -0.25) is 14.2 Å². The zero-order valence-electron chi connectivity index (χ0n) is 23.1. The number of hydrogen-bond acceptors (Lipinski definition) is 7. The van der Waals surface area contributed by atoms with Crippen LogP contribution >= 0.6 is 27.3 Å². The lowest BCUT2D eigenvalue weighted by atomic mass is 9.92. The van der Waals surface area contributed by atoms with Gasteiger partial charge in [0.15, 0.2) is 4.80 Å². The summed E-state index contributed by atoms with van der Waals surface area (Å²) in [6, 6.07) is 21.3. The molecule has 6 rings (SSSR count). The van der Waals surface area contributed by atoms with Crippen LogP contribution in [0.15, 0.2) is 92.6 Å². The van der Waals surface area contributed by atoms with Crippen molar-refractivity contribution in [3.8, 4) is 5.75 Å². The monoisotopic (exact) mass is 643 g/mol. The highest BCUT2D eigenvalue weighted by atomic mass is 79.9. The molecule has 8 nitrogen and oxygen atoms in total. The van der Waals surface area contributed by atoms with Gasteiger partial charge in [-0.25, -0.2) is 9.79 Å². The van der Waals surface area contributed by atoms with Crippen molar-refractivity contribution in [3.63, 3.8) is 0 Å². The first kappa shape index (κ1) is 27.9. The molecule has 0 radical (unpaired) electrons. The maximum atomic E-state index is 14.5. The van der Waals surface area contributed by atoms with Crippen LogP contribution in [-0.2, 0) is 14.3 Å². The Balaban J connectivity index is 1.76. The van der Waals surface area contributed by atoms with E-state index < -0.39 is 17.6 Å². The Morgan fingerprint density at radius 3 is 2.48 bits per heavy atom. The van der Waals surface area contributed by atoms with E-state index in [4.69, 9.17) is 14.5 Å². The standard InChI is InChI=1S/C32H26BrN3O5S/c1-4-35-22-14-10-9-13-20(22)24(29(35)37)28-30(38)36-27(21-17-19(33)15-16-23(21)40-3)25(31(39)41-5-2)26(34-32(36)42-28)18-11-7-6-8-12-18/h6-17,27H,4-5H2,1-3H3/b28-24-/t27-/m1/s1. The first-order valence-corrected chi connectivity index (χ1v) is 15.1. The van der Waals surface area contributed by atoms with Gasteiger partial charge in [0.05, 0.1) is 36.2 Å². The van der Waals surface area contributed by atoms with Crippen molar-refractivity contribution >= 4 is 56.1 Å². The highest BCUT2D eigenvalue weighted by molar-refractivity contribution is 9.10. The average Bonchev–Trinajstić information content (AvgIpc) is 3.48.